The van der Waals surface area contributed by atoms with Gasteiger partial charge in [0.05, 0.1) is 5.51 Å². The number of rotatable bonds is 6. The van der Waals surface area contributed by atoms with E-state index in [0.717, 1.165) is 6.42 Å². The first-order valence-corrected chi connectivity index (χ1v) is 8.92. The van der Waals surface area contributed by atoms with Crippen molar-refractivity contribution >= 4 is 22.8 Å². The molecule has 0 amide bonds. The number of thiazole rings is 1. The van der Waals surface area contributed by atoms with Crippen molar-refractivity contribution in [3.63, 3.8) is 0 Å². The molecule has 22 heavy (non-hydrogen) atoms. The van der Waals surface area contributed by atoms with E-state index in [-0.39, 0.29) is 18.1 Å². The summed E-state index contributed by atoms with van der Waals surface area (Å²) in [6.45, 7) is 2.48. The lowest BCUT2D eigenvalue weighted by atomic mass is 9.94. The maximum absolute atomic E-state index is 9.28. The summed E-state index contributed by atoms with van der Waals surface area (Å²) in [6, 6.07) is 10.3. The van der Waals surface area contributed by atoms with Crippen molar-refractivity contribution < 1.29 is 9.32 Å². The van der Waals surface area contributed by atoms with Crippen molar-refractivity contribution in [3.8, 4) is 0 Å². The van der Waals surface area contributed by atoms with Crippen molar-refractivity contribution in [2.75, 3.05) is 6.61 Å². The lowest BCUT2D eigenvalue weighted by Gasteiger charge is -2.13. The number of hydrogen-bond donors (Lipinski definition) is 2. The largest absolute Gasteiger partial charge is 0.396 e. The third-order valence-electron chi connectivity index (χ3n) is 2.99. The van der Waals surface area contributed by atoms with Gasteiger partial charge in [-0.2, -0.15) is 4.21 Å². The molecule has 1 aromatic carbocycles. The van der Waals surface area contributed by atoms with Crippen LogP contribution in [0.2, 0.25) is 0 Å². The molecule has 0 fully saturated rings. The predicted molar refractivity (Wildman–Crippen MR) is 93.4 cm³/mol. The molecule has 122 valence electrons. The predicted octanol–water partition coefficient (Wildman–Crippen LogP) is 4.45. The molecule has 1 heterocycles. The molecule has 0 aliphatic rings. The van der Waals surface area contributed by atoms with E-state index in [1.807, 2.05) is 23.6 Å². The van der Waals surface area contributed by atoms with E-state index in [1.54, 1.807) is 23.0 Å². The Bertz CT molecular complexity index is 455. The zero-order valence-electron chi connectivity index (χ0n) is 12.9. The molecular weight excluding hydrogens is 316 g/mol. The summed E-state index contributed by atoms with van der Waals surface area (Å²) in [5, 5.41) is 11.2. The average molecular weight is 341 g/mol. The van der Waals surface area contributed by atoms with Crippen molar-refractivity contribution in [3.05, 3.63) is 53.0 Å². The van der Waals surface area contributed by atoms with Gasteiger partial charge in [0.15, 0.2) is 11.5 Å². The molecule has 1 atom stereocenters. The molecule has 0 spiro atoms. The lowest BCUT2D eigenvalue weighted by Crippen LogP contribution is -2.03. The van der Waals surface area contributed by atoms with E-state index in [0.29, 0.717) is 5.92 Å². The van der Waals surface area contributed by atoms with E-state index >= 15 is 0 Å². The Morgan fingerprint density at radius 1 is 1.32 bits per heavy atom. The van der Waals surface area contributed by atoms with E-state index in [2.05, 4.69) is 24.0 Å². The zero-order valence-corrected chi connectivity index (χ0v) is 14.5. The Balaban J connectivity index is 0.000000451. The third-order valence-corrected chi connectivity index (χ3v) is 3.52. The van der Waals surface area contributed by atoms with Crippen LogP contribution in [0.4, 0.5) is 0 Å². The van der Waals surface area contributed by atoms with Crippen molar-refractivity contribution in [2.24, 2.45) is 0 Å². The minimum absolute atomic E-state index is 0.250. The normalized spacial score (nSPS) is 10.5. The fraction of sp³-hybridized carbons (Fsp3) is 0.438. The highest BCUT2D eigenvalue weighted by Gasteiger charge is 2.08. The summed E-state index contributed by atoms with van der Waals surface area (Å²) in [5.41, 5.74) is 3.06. The molecular formula is C16H24N2O2S2. The summed E-state index contributed by atoms with van der Waals surface area (Å²) in [4.78, 5) is 3.74. The van der Waals surface area contributed by atoms with Crippen LogP contribution in [-0.2, 0) is 11.5 Å². The van der Waals surface area contributed by atoms with Crippen molar-refractivity contribution in [1.29, 1.82) is 4.78 Å². The van der Waals surface area contributed by atoms with Gasteiger partial charge in [0, 0.05) is 24.1 Å². The van der Waals surface area contributed by atoms with Gasteiger partial charge in [0.25, 0.3) is 0 Å². The zero-order chi connectivity index (χ0) is 16.5. The smallest absolute Gasteiger partial charge is 0.196 e. The number of nitrogens with zero attached hydrogens (tertiary/aromatic N) is 1. The second-order valence-electron chi connectivity index (χ2n) is 4.55. The molecule has 1 aromatic heterocycles. The molecule has 2 rings (SSSR count). The minimum atomic E-state index is -0.250. The van der Waals surface area contributed by atoms with Gasteiger partial charge in [-0.15, -0.1) is 11.3 Å². The first-order chi connectivity index (χ1) is 10.8. The number of aliphatic hydroxyl groups excluding tert-OH is 1. The summed E-state index contributed by atoms with van der Waals surface area (Å²) >= 11 is 1.35. The molecule has 0 bridgehead atoms. The van der Waals surface area contributed by atoms with Crippen LogP contribution in [-0.4, -0.2) is 20.9 Å². The van der Waals surface area contributed by atoms with Gasteiger partial charge < -0.3 is 5.11 Å². The van der Waals surface area contributed by atoms with Gasteiger partial charge in [-0.05, 0) is 12.0 Å². The van der Waals surface area contributed by atoms with Gasteiger partial charge in [0.2, 0.25) is 0 Å². The summed E-state index contributed by atoms with van der Waals surface area (Å²) in [5.74, 6) is 0.336. The topological polar surface area (TPSA) is 74.0 Å². The second-order valence-corrected chi connectivity index (χ2v) is 5.47. The highest BCUT2D eigenvalue weighted by molar-refractivity contribution is 7.53. The van der Waals surface area contributed by atoms with Crippen LogP contribution in [0.1, 0.15) is 44.1 Å². The standard InChI is InChI=1S/C13H20O.C3H3NS.HNOS/c1-2-3-5-10-13(11-14)12-8-6-4-7-9-12;1-2-5-3-4-1;1-3-2/h4,6-9,13-14H,2-3,5,10-11H2,1H3;1-3H;1H. The van der Waals surface area contributed by atoms with Crippen LogP contribution in [0.15, 0.2) is 47.4 Å². The quantitative estimate of drug-likeness (QED) is 0.763. The first-order valence-electron chi connectivity index (χ1n) is 7.23. The Hall–Kier alpha value is -1.37. The van der Waals surface area contributed by atoms with Gasteiger partial charge in [-0.1, -0.05) is 56.5 Å². The average Bonchev–Trinajstić information content (AvgIpc) is 3.13. The van der Waals surface area contributed by atoms with Gasteiger partial charge >= 0.3 is 0 Å². The molecule has 1 unspecified atom stereocenters. The van der Waals surface area contributed by atoms with Crippen LogP contribution < -0.4 is 0 Å². The molecule has 0 aliphatic carbocycles. The maximum atomic E-state index is 9.28. The monoisotopic (exact) mass is 340 g/mol. The van der Waals surface area contributed by atoms with Crippen LogP contribution in [0.25, 0.3) is 0 Å². The number of unbranched alkanes of at least 4 members (excludes halogenated alkanes) is 2. The fourth-order valence-electron chi connectivity index (χ4n) is 1.90. The number of aliphatic hydroxyl groups is 1. The molecule has 0 saturated heterocycles. The lowest BCUT2D eigenvalue weighted by molar-refractivity contribution is 0.256. The molecule has 4 nitrogen and oxygen atoms in total. The number of aromatic nitrogens is 1. The van der Waals surface area contributed by atoms with Crippen molar-refractivity contribution in [2.45, 2.75) is 38.5 Å². The second kappa shape index (κ2) is 16.0. The van der Waals surface area contributed by atoms with Crippen LogP contribution in [0.3, 0.4) is 0 Å². The Kier molecular flexibility index (Phi) is 15.0. The molecule has 0 saturated carbocycles. The van der Waals surface area contributed by atoms with Crippen LogP contribution in [0, 0.1) is 4.78 Å². The van der Waals surface area contributed by atoms with Gasteiger partial charge in [-0.25, -0.2) is 4.78 Å². The molecule has 6 heteroatoms. The van der Waals surface area contributed by atoms with E-state index in [9.17, 15) is 5.11 Å². The highest BCUT2D eigenvalue weighted by Crippen LogP contribution is 2.21. The fourth-order valence-corrected chi connectivity index (χ4v) is 2.26. The number of benzene rings is 1. The summed E-state index contributed by atoms with van der Waals surface area (Å²) in [6.07, 6.45) is 6.60. The van der Waals surface area contributed by atoms with E-state index in [1.165, 1.54) is 24.8 Å². The molecule has 2 aromatic rings. The van der Waals surface area contributed by atoms with Gasteiger partial charge in [-0.3, -0.25) is 4.98 Å². The van der Waals surface area contributed by atoms with Crippen LogP contribution >= 0.6 is 11.3 Å². The number of hydrogen-bond acceptors (Lipinski definition) is 5. The summed E-state index contributed by atoms with van der Waals surface area (Å²) in [7, 11) is 0. The van der Waals surface area contributed by atoms with E-state index in [4.69, 9.17) is 8.99 Å². The Morgan fingerprint density at radius 2 is 2.00 bits per heavy atom. The Morgan fingerprint density at radius 3 is 2.41 bits per heavy atom. The first kappa shape index (κ1) is 20.6. The molecule has 0 aliphatic heterocycles. The third kappa shape index (κ3) is 11.3. The SMILES string of the molecule is CCCCCC(CO)c1ccccc1.N=S=O.c1cscn1. The van der Waals surface area contributed by atoms with Crippen LogP contribution in [0.5, 0.6) is 0 Å². The van der Waals surface area contributed by atoms with Gasteiger partial charge in [0.1, 0.15) is 0 Å². The summed E-state index contributed by atoms with van der Waals surface area (Å²) < 4.78 is 14.1. The molecule has 0 radical (unpaired) electrons. The highest BCUT2D eigenvalue weighted by atomic mass is 32.1. The number of nitrogens with one attached hydrogen (secondary N) is 1. The van der Waals surface area contributed by atoms with E-state index < -0.39 is 0 Å². The molecule has 2 N–H and O–H groups in total. The Labute approximate surface area is 140 Å². The minimum Gasteiger partial charge on any atom is -0.396 e. The maximum Gasteiger partial charge on any atom is 0.196 e. The van der Waals surface area contributed by atoms with Crippen molar-refractivity contribution in [1.82, 2.24) is 4.98 Å².